The van der Waals surface area contributed by atoms with Gasteiger partial charge in [-0.25, -0.2) is 24.1 Å². The Balaban J connectivity index is 1.39. The molecule has 1 atom stereocenters. The summed E-state index contributed by atoms with van der Waals surface area (Å²) in [6.07, 6.45) is 4.67. The number of pyridine rings is 2. The van der Waals surface area contributed by atoms with Crippen LogP contribution < -0.4 is 10.6 Å². The minimum absolute atomic E-state index is 0.0878. The first-order valence-electron chi connectivity index (χ1n) is 14.0. The fourth-order valence-electron chi connectivity index (χ4n) is 4.42. The number of nitrogens with one attached hydrogen (secondary N) is 2. The Morgan fingerprint density at radius 3 is 2.43 bits per heavy atom. The van der Waals surface area contributed by atoms with Crippen molar-refractivity contribution in [1.82, 2.24) is 25.2 Å². The van der Waals surface area contributed by atoms with Crippen LogP contribution in [0.1, 0.15) is 62.2 Å². The highest BCUT2D eigenvalue weighted by Gasteiger charge is 2.30. The topological polar surface area (TPSA) is 141 Å². The second-order valence-corrected chi connectivity index (χ2v) is 13.5. The number of anilines is 2. The number of carbonyl (C=O) groups excluding carboxylic acids is 1. The van der Waals surface area contributed by atoms with Gasteiger partial charge in [-0.3, -0.25) is 9.69 Å². The smallest absolute Gasteiger partial charge is 0.408 e. The summed E-state index contributed by atoms with van der Waals surface area (Å²) in [5.41, 5.74) is -0.792. The van der Waals surface area contributed by atoms with Gasteiger partial charge in [0, 0.05) is 17.9 Å². The van der Waals surface area contributed by atoms with Crippen LogP contribution in [0.3, 0.4) is 0 Å². The van der Waals surface area contributed by atoms with Crippen LogP contribution >= 0.6 is 23.1 Å². The van der Waals surface area contributed by atoms with Gasteiger partial charge in [-0.05, 0) is 50.5 Å². The van der Waals surface area contributed by atoms with E-state index in [-0.39, 0.29) is 23.7 Å². The minimum atomic E-state index is -1.29. The number of thiazole rings is 1. The summed E-state index contributed by atoms with van der Waals surface area (Å²) in [5, 5.41) is 27.0. The molecule has 0 saturated carbocycles. The third-order valence-corrected chi connectivity index (χ3v) is 8.77. The van der Waals surface area contributed by atoms with E-state index in [1.165, 1.54) is 28.5 Å². The summed E-state index contributed by atoms with van der Waals surface area (Å²) < 4.78 is 16.1. The Morgan fingerprint density at radius 1 is 1.05 bits per heavy atom. The van der Waals surface area contributed by atoms with Gasteiger partial charge < -0.3 is 20.8 Å². The van der Waals surface area contributed by atoms with Gasteiger partial charge in [-0.1, -0.05) is 72.8 Å². The maximum absolute atomic E-state index is 15.4. The molecule has 0 radical (unpaired) electrons. The molecule has 1 unspecified atom stereocenters. The van der Waals surface area contributed by atoms with E-state index in [0.717, 1.165) is 17.3 Å². The van der Waals surface area contributed by atoms with Gasteiger partial charge in [0.2, 0.25) is 0 Å². The van der Waals surface area contributed by atoms with Crippen molar-refractivity contribution in [3.63, 3.8) is 0 Å². The van der Waals surface area contributed by atoms with Crippen LogP contribution in [0.25, 0.3) is 0 Å². The van der Waals surface area contributed by atoms with E-state index in [1.54, 1.807) is 36.7 Å². The van der Waals surface area contributed by atoms with Crippen LogP contribution in [-0.4, -0.2) is 54.1 Å². The standard InChI is InChI=1S/C31H35FN6O4S2/c1-5-14-31(42,21-9-7-6-8-10-21)19-36-27(39)26-25(32)22(13-15-33-26)43-24-17-35-28(44-24)37-23-12-11-20(16-34-23)18-38(29(40)41)30(2,3)4/h6-13,15-17,42H,5,14,18-19H2,1-4H3,(H,36,39)(H,40,41)(H,34,35,37). The Bertz CT molecular complexity index is 1580. The van der Waals surface area contributed by atoms with E-state index in [9.17, 15) is 19.8 Å². The van der Waals surface area contributed by atoms with Gasteiger partial charge in [0.15, 0.2) is 16.6 Å². The predicted octanol–water partition coefficient (Wildman–Crippen LogP) is 6.66. The van der Waals surface area contributed by atoms with Crippen LogP contribution in [-0.2, 0) is 12.1 Å². The van der Waals surface area contributed by atoms with Crippen molar-refractivity contribution >= 4 is 46.0 Å². The number of carboxylic acid groups (broad SMARTS) is 1. The van der Waals surface area contributed by atoms with Gasteiger partial charge in [0.05, 0.1) is 28.4 Å². The molecule has 4 rings (SSSR count). The summed E-state index contributed by atoms with van der Waals surface area (Å²) in [7, 11) is 0. The molecule has 0 aliphatic heterocycles. The van der Waals surface area contributed by atoms with Crippen molar-refractivity contribution < 1.29 is 24.2 Å². The first kappa shape index (κ1) is 32.8. The molecule has 3 aromatic heterocycles. The highest BCUT2D eigenvalue weighted by atomic mass is 32.2. The van der Waals surface area contributed by atoms with Crippen LogP contribution in [0.4, 0.5) is 20.1 Å². The molecule has 0 aliphatic carbocycles. The maximum Gasteiger partial charge on any atom is 0.408 e. The molecule has 0 spiro atoms. The van der Waals surface area contributed by atoms with E-state index in [2.05, 4.69) is 25.6 Å². The lowest BCUT2D eigenvalue weighted by Gasteiger charge is -2.33. The van der Waals surface area contributed by atoms with Gasteiger partial charge in [-0.2, -0.15) is 0 Å². The second-order valence-electron chi connectivity index (χ2n) is 11.1. The van der Waals surface area contributed by atoms with Crippen LogP contribution in [0.5, 0.6) is 0 Å². The van der Waals surface area contributed by atoms with Gasteiger partial charge in [0.25, 0.3) is 5.91 Å². The summed E-state index contributed by atoms with van der Waals surface area (Å²) in [4.78, 5) is 38.8. The largest absolute Gasteiger partial charge is 0.465 e. The molecule has 1 aromatic carbocycles. The fourth-order valence-corrected chi connectivity index (χ4v) is 6.29. The number of hydrogen-bond donors (Lipinski definition) is 4. The number of hydrogen-bond acceptors (Lipinski definition) is 9. The van der Waals surface area contributed by atoms with Crippen molar-refractivity contribution in [2.75, 3.05) is 11.9 Å². The van der Waals surface area contributed by atoms with E-state index >= 15 is 4.39 Å². The average Bonchev–Trinajstić information content (AvgIpc) is 3.43. The van der Waals surface area contributed by atoms with Crippen molar-refractivity contribution in [3.8, 4) is 0 Å². The normalized spacial score (nSPS) is 12.8. The molecule has 10 nitrogen and oxygen atoms in total. The lowest BCUT2D eigenvalue weighted by atomic mass is 9.89. The SMILES string of the molecule is CCCC(O)(CNC(=O)c1nccc(Sc2cnc(Nc3ccc(CN(C(=O)O)C(C)(C)C)cn3)s2)c1F)c1ccccc1. The van der Waals surface area contributed by atoms with Gasteiger partial charge in [-0.15, -0.1) is 0 Å². The Labute approximate surface area is 263 Å². The summed E-state index contributed by atoms with van der Waals surface area (Å²) in [6, 6.07) is 14.1. The maximum atomic E-state index is 15.4. The van der Waals surface area contributed by atoms with E-state index < -0.39 is 29.0 Å². The number of benzene rings is 1. The minimum Gasteiger partial charge on any atom is -0.465 e. The third-order valence-electron chi connectivity index (χ3n) is 6.72. The highest BCUT2D eigenvalue weighted by molar-refractivity contribution is 8.01. The van der Waals surface area contributed by atoms with Crippen LogP contribution in [0.2, 0.25) is 0 Å². The van der Waals surface area contributed by atoms with Gasteiger partial charge in [0.1, 0.15) is 11.4 Å². The highest BCUT2D eigenvalue weighted by Crippen LogP contribution is 2.36. The predicted molar refractivity (Wildman–Crippen MR) is 169 cm³/mol. The molecule has 2 amide bonds. The fraction of sp³-hybridized carbons (Fsp3) is 0.323. The lowest BCUT2D eigenvalue weighted by molar-refractivity contribution is 0.0260. The monoisotopic (exact) mass is 638 g/mol. The number of amides is 2. The van der Waals surface area contributed by atoms with Crippen molar-refractivity contribution in [1.29, 1.82) is 0 Å². The average molecular weight is 639 g/mol. The van der Waals surface area contributed by atoms with Crippen molar-refractivity contribution in [2.24, 2.45) is 0 Å². The molecular formula is C31H35FN6O4S2. The molecule has 13 heteroatoms. The zero-order valence-electron chi connectivity index (χ0n) is 24.9. The summed E-state index contributed by atoms with van der Waals surface area (Å²) >= 11 is 2.39. The Kier molecular flexibility index (Phi) is 10.6. The zero-order valence-corrected chi connectivity index (χ0v) is 26.5. The first-order valence-corrected chi connectivity index (χ1v) is 15.6. The molecule has 4 N–H and O–H groups in total. The van der Waals surface area contributed by atoms with Crippen LogP contribution in [0.15, 0.2) is 76.2 Å². The number of aliphatic hydroxyl groups is 1. The van der Waals surface area contributed by atoms with Crippen molar-refractivity contribution in [3.05, 3.63) is 89.8 Å². The molecule has 0 aliphatic rings. The molecule has 0 saturated heterocycles. The Hall–Kier alpha value is -4.07. The second kappa shape index (κ2) is 14.1. The first-order chi connectivity index (χ1) is 20.9. The van der Waals surface area contributed by atoms with Crippen molar-refractivity contribution in [2.45, 2.75) is 67.3 Å². The number of rotatable bonds is 12. The number of carbonyl (C=O) groups is 2. The molecule has 3 heterocycles. The summed E-state index contributed by atoms with van der Waals surface area (Å²) in [5.74, 6) is -0.963. The van der Waals surface area contributed by atoms with E-state index in [4.69, 9.17) is 0 Å². The number of halogens is 1. The summed E-state index contributed by atoms with van der Waals surface area (Å²) in [6.45, 7) is 7.55. The number of nitrogens with zero attached hydrogens (tertiary/aromatic N) is 4. The quantitative estimate of drug-likeness (QED) is 0.134. The molecular weight excluding hydrogens is 604 g/mol. The number of aromatic nitrogens is 3. The van der Waals surface area contributed by atoms with Gasteiger partial charge >= 0.3 is 6.09 Å². The molecule has 232 valence electrons. The third kappa shape index (κ3) is 8.30. The zero-order chi connectivity index (χ0) is 31.9. The van der Waals surface area contributed by atoms with Crippen LogP contribution in [0, 0.1) is 5.82 Å². The lowest BCUT2D eigenvalue weighted by Crippen LogP contribution is -2.44. The Morgan fingerprint density at radius 2 is 1.80 bits per heavy atom. The molecule has 44 heavy (non-hydrogen) atoms. The van der Waals surface area contributed by atoms with E-state index in [0.29, 0.717) is 33.6 Å². The molecule has 0 bridgehead atoms. The molecule has 0 fully saturated rings. The molecule has 4 aromatic rings. The van der Waals surface area contributed by atoms with E-state index in [1.807, 2.05) is 45.9 Å².